The molecule has 0 saturated heterocycles. The first-order chi connectivity index (χ1) is 14.4. The third-order valence-corrected chi connectivity index (χ3v) is 4.89. The van der Waals surface area contributed by atoms with Gasteiger partial charge in [0.25, 0.3) is 0 Å². The van der Waals surface area contributed by atoms with E-state index in [0.717, 1.165) is 23.6 Å². The molecular formula is C21H18FN3O5. The predicted octanol–water partition coefficient (Wildman–Crippen LogP) is 3.32. The standard InChI is InChI=1S/C21H18FN3O5/c1-11-17(18(24-30-11)14-4-2-3-5-15(14)22)19(26)13-8-16(25(9-13)21(23)28)20(27)29-10-12-6-7-12/h2-5,8-9,12H,6-7,10H2,1H3,(H2,23,28). The molecule has 0 spiro atoms. The van der Waals surface area contributed by atoms with Gasteiger partial charge in [0, 0.05) is 17.3 Å². The highest BCUT2D eigenvalue weighted by Crippen LogP contribution is 2.31. The van der Waals surface area contributed by atoms with Gasteiger partial charge >= 0.3 is 12.0 Å². The molecule has 0 radical (unpaired) electrons. The lowest BCUT2D eigenvalue weighted by Gasteiger charge is -2.05. The molecule has 1 amide bonds. The minimum absolute atomic E-state index is 0.00365. The number of rotatable bonds is 6. The highest BCUT2D eigenvalue weighted by atomic mass is 19.1. The van der Waals surface area contributed by atoms with Crippen molar-refractivity contribution in [1.29, 1.82) is 0 Å². The van der Waals surface area contributed by atoms with Crippen LogP contribution in [-0.4, -0.2) is 34.1 Å². The third-order valence-electron chi connectivity index (χ3n) is 4.89. The summed E-state index contributed by atoms with van der Waals surface area (Å²) in [7, 11) is 0. The van der Waals surface area contributed by atoms with Gasteiger partial charge in [-0.15, -0.1) is 0 Å². The fourth-order valence-corrected chi connectivity index (χ4v) is 3.10. The Morgan fingerprint density at radius 3 is 2.70 bits per heavy atom. The van der Waals surface area contributed by atoms with E-state index in [-0.39, 0.29) is 40.4 Å². The molecular weight excluding hydrogens is 393 g/mol. The van der Waals surface area contributed by atoms with Crippen molar-refractivity contribution in [2.75, 3.05) is 6.61 Å². The molecule has 2 heterocycles. The van der Waals surface area contributed by atoms with E-state index in [1.807, 2.05) is 0 Å². The fraction of sp³-hybridized carbons (Fsp3) is 0.238. The molecule has 0 unspecified atom stereocenters. The lowest BCUT2D eigenvalue weighted by atomic mass is 9.99. The van der Waals surface area contributed by atoms with Crippen LogP contribution >= 0.6 is 0 Å². The number of nitrogens with zero attached hydrogens (tertiary/aromatic N) is 2. The SMILES string of the molecule is Cc1onc(-c2ccccc2F)c1C(=O)c1cc(C(=O)OCC2CC2)n(C(N)=O)c1. The van der Waals surface area contributed by atoms with E-state index in [1.54, 1.807) is 6.07 Å². The van der Waals surface area contributed by atoms with Crippen LogP contribution in [0.3, 0.4) is 0 Å². The van der Waals surface area contributed by atoms with Crippen LogP contribution in [0.4, 0.5) is 9.18 Å². The van der Waals surface area contributed by atoms with Crippen LogP contribution in [0, 0.1) is 18.7 Å². The molecule has 2 aromatic heterocycles. The lowest BCUT2D eigenvalue weighted by molar-refractivity contribution is 0.0476. The van der Waals surface area contributed by atoms with Crippen molar-refractivity contribution in [1.82, 2.24) is 9.72 Å². The molecule has 9 heteroatoms. The van der Waals surface area contributed by atoms with E-state index in [2.05, 4.69) is 5.16 Å². The summed E-state index contributed by atoms with van der Waals surface area (Å²) in [5.74, 6) is -1.42. The summed E-state index contributed by atoms with van der Waals surface area (Å²) in [6.07, 6.45) is 3.12. The van der Waals surface area contributed by atoms with Gasteiger partial charge in [-0.2, -0.15) is 0 Å². The maximum Gasteiger partial charge on any atom is 0.355 e. The van der Waals surface area contributed by atoms with Crippen molar-refractivity contribution in [2.24, 2.45) is 11.7 Å². The number of ether oxygens (including phenoxy) is 1. The van der Waals surface area contributed by atoms with Crippen LogP contribution in [0.15, 0.2) is 41.1 Å². The van der Waals surface area contributed by atoms with Gasteiger partial charge in [0.2, 0.25) is 0 Å². The number of carbonyl (C=O) groups excluding carboxylic acids is 3. The molecule has 1 aliphatic carbocycles. The molecule has 30 heavy (non-hydrogen) atoms. The number of hydrogen-bond donors (Lipinski definition) is 1. The van der Waals surface area contributed by atoms with Crippen LogP contribution < -0.4 is 5.73 Å². The van der Waals surface area contributed by atoms with Crippen molar-refractivity contribution in [3.63, 3.8) is 0 Å². The van der Waals surface area contributed by atoms with Gasteiger partial charge in [0.1, 0.15) is 23.0 Å². The Labute approximate surface area is 170 Å². The zero-order chi connectivity index (χ0) is 21.4. The Kier molecular flexibility index (Phi) is 4.94. The van der Waals surface area contributed by atoms with Gasteiger partial charge in [0.15, 0.2) is 5.78 Å². The summed E-state index contributed by atoms with van der Waals surface area (Å²) in [4.78, 5) is 37.3. The van der Waals surface area contributed by atoms with Crippen molar-refractivity contribution in [3.05, 3.63) is 64.9 Å². The summed E-state index contributed by atoms with van der Waals surface area (Å²) in [5.41, 5.74) is 5.33. The molecule has 0 atom stereocenters. The number of nitrogens with two attached hydrogens (primary N) is 1. The van der Waals surface area contributed by atoms with E-state index in [1.165, 1.54) is 31.2 Å². The molecule has 1 fully saturated rings. The van der Waals surface area contributed by atoms with Gasteiger partial charge in [0.05, 0.1) is 12.2 Å². The average molecular weight is 411 g/mol. The number of amides is 1. The number of aromatic nitrogens is 2. The molecule has 1 saturated carbocycles. The lowest BCUT2D eigenvalue weighted by Crippen LogP contribution is -2.24. The topological polar surface area (TPSA) is 117 Å². The van der Waals surface area contributed by atoms with Gasteiger partial charge in [-0.3, -0.25) is 9.36 Å². The summed E-state index contributed by atoms with van der Waals surface area (Å²) < 4.78 is 25.4. The van der Waals surface area contributed by atoms with E-state index < -0.39 is 23.6 Å². The van der Waals surface area contributed by atoms with Crippen LogP contribution in [0.25, 0.3) is 11.3 Å². The second-order valence-electron chi connectivity index (χ2n) is 7.14. The number of benzene rings is 1. The maximum atomic E-state index is 14.2. The summed E-state index contributed by atoms with van der Waals surface area (Å²) in [6, 6.07) is 6.11. The second-order valence-corrected chi connectivity index (χ2v) is 7.14. The molecule has 1 aliphatic rings. The number of ketones is 1. The summed E-state index contributed by atoms with van der Waals surface area (Å²) >= 11 is 0. The van der Waals surface area contributed by atoms with E-state index in [9.17, 15) is 18.8 Å². The van der Waals surface area contributed by atoms with Crippen LogP contribution in [0.2, 0.25) is 0 Å². The van der Waals surface area contributed by atoms with Crippen molar-refractivity contribution < 1.29 is 28.0 Å². The summed E-state index contributed by atoms with van der Waals surface area (Å²) in [5, 5.41) is 3.82. The molecule has 0 bridgehead atoms. The first-order valence-electron chi connectivity index (χ1n) is 9.32. The van der Waals surface area contributed by atoms with Crippen LogP contribution in [0.1, 0.15) is 45.0 Å². The maximum absolute atomic E-state index is 14.2. The van der Waals surface area contributed by atoms with Crippen molar-refractivity contribution in [2.45, 2.75) is 19.8 Å². The molecule has 154 valence electrons. The Morgan fingerprint density at radius 1 is 1.30 bits per heavy atom. The minimum Gasteiger partial charge on any atom is -0.461 e. The predicted molar refractivity (Wildman–Crippen MR) is 102 cm³/mol. The largest absolute Gasteiger partial charge is 0.461 e. The zero-order valence-corrected chi connectivity index (χ0v) is 16.1. The number of carbonyl (C=O) groups is 3. The molecule has 2 N–H and O–H groups in total. The Bertz CT molecular complexity index is 1160. The average Bonchev–Trinajstić information content (AvgIpc) is 3.30. The molecule has 0 aliphatic heterocycles. The van der Waals surface area contributed by atoms with Gasteiger partial charge < -0.3 is 15.0 Å². The Balaban J connectivity index is 1.71. The zero-order valence-electron chi connectivity index (χ0n) is 16.1. The fourth-order valence-electron chi connectivity index (χ4n) is 3.10. The molecule has 3 aromatic rings. The van der Waals surface area contributed by atoms with Crippen LogP contribution in [-0.2, 0) is 4.74 Å². The van der Waals surface area contributed by atoms with Crippen molar-refractivity contribution >= 4 is 17.8 Å². The van der Waals surface area contributed by atoms with Crippen LogP contribution in [0.5, 0.6) is 0 Å². The first-order valence-corrected chi connectivity index (χ1v) is 9.32. The third kappa shape index (κ3) is 3.61. The Morgan fingerprint density at radius 2 is 2.03 bits per heavy atom. The first kappa shape index (κ1) is 19.6. The molecule has 8 nitrogen and oxygen atoms in total. The number of halogens is 1. The van der Waals surface area contributed by atoms with Gasteiger partial charge in [-0.25, -0.2) is 14.0 Å². The molecule has 4 rings (SSSR count). The van der Waals surface area contributed by atoms with Gasteiger partial charge in [-0.05, 0) is 43.9 Å². The van der Waals surface area contributed by atoms with E-state index in [4.69, 9.17) is 15.0 Å². The highest BCUT2D eigenvalue weighted by molar-refractivity contribution is 6.14. The number of primary amides is 1. The van der Waals surface area contributed by atoms with Crippen molar-refractivity contribution in [3.8, 4) is 11.3 Å². The van der Waals surface area contributed by atoms with E-state index >= 15 is 0 Å². The number of aryl methyl sites for hydroxylation is 1. The smallest absolute Gasteiger partial charge is 0.355 e. The minimum atomic E-state index is -0.941. The summed E-state index contributed by atoms with van der Waals surface area (Å²) in [6.45, 7) is 1.76. The number of esters is 1. The second kappa shape index (κ2) is 7.58. The van der Waals surface area contributed by atoms with Gasteiger partial charge in [-0.1, -0.05) is 17.3 Å². The monoisotopic (exact) mass is 411 g/mol. The Hall–Kier alpha value is -3.75. The highest BCUT2D eigenvalue weighted by Gasteiger charge is 2.29. The molecule has 1 aromatic carbocycles. The number of hydrogen-bond acceptors (Lipinski definition) is 6. The normalized spacial score (nSPS) is 13.3. The quantitative estimate of drug-likeness (QED) is 0.491. The van der Waals surface area contributed by atoms with E-state index in [0.29, 0.717) is 5.92 Å².